The van der Waals surface area contributed by atoms with Crippen LogP contribution in [0.15, 0.2) is 0 Å². The number of fused-ring (bicyclic) bond motifs is 1. The first kappa shape index (κ1) is 11.6. The molecule has 1 unspecified atom stereocenters. The van der Waals surface area contributed by atoms with Crippen LogP contribution in [-0.2, 0) is 14.3 Å². The van der Waals surface area contributed by atoms with Crippen molar-refractivity contribution in [3.05, 3.63) is 0 Å². The SMILES string of the molecule is CC(=O)[C@@H]1C2OC(C)(C)C[C@H]2CN1C(C)=O. The number of ketones is 1. The van der Waals surface area contributed by atoms with Crippen LogP contribution in [0.1, 0.15) is 34.1 Å². The van der Waals surface area contributed by atoms with E-state index >= 15 is 0 Å². The number of hydrogen-bond donors (Lipinski definition) is 0. The van der Waals surface area contributed by atoms with Gasteiger partial charge in [-0.05, 0) is 27.2 Å². The number of nitrogens with zero attached hydrogens (tertiary/aromatic N) is 1. The topological polar surface area (TPSA) is 46.6 Å². The third-order valence-corrected chi connectivity index (χ3v) is 3.57. The summed E-state index contributed by atoms with van der Waals surface area (Å²) in [5, 5.41) is 0. The maximum absolute atomic E-state index is 11.6. The van der Waals surface area contributed by atoms with Crippen LogP contribution in [0.25, 0.3) is 0 Å². The first-order valence-electron chi connectivity index (χ1n) is 5.77. The van der Waals surface area contributed by atoms with Gasteiger partial charge in [0.1, 0.15) is 6.04 Å². The molecule has 0 aliphatic carbocycles. The highest BCUT2D eigenvalue weighted by Crippen LogP contribution is 2.42. The summed E-state index contributed by atoms with van der Waals surface area (Å²) in [5.41, 5.74) is -0.161. The molecule has 4 nitrogen and oxygen atoms in total. The summed E-state index contributed by atoms with van der Waals surface area (Å²) in [6, 6.07) is -0.371. The van der Waals surface area contributed by atoms with E-state index in [4.69, 9.17) is 4.74 Å². The number of amides is 1. The fraction of sp³-hybridized carbons (Fsp3) is 0.833. The highest BCUT2D eigenvalue weighted by atomic mass is 16.5. The Morgan fingerprint density at radius 3 is 2.44 bits per heavy atom. The Balaban J connectivity index is 2.23. The number of carbonyl (C=O) groups excluding carboxylic acids is 2. The Hall–Kier alpha value is -0.900. The van der Waals surface area contributed by atoms with Crippen molar-refractivity contribution in [1.29, 1.82) is 0 Å². The molecule has 1 amide bonds. The van der Waals surface area contributed by atoms with Gasteiger partial charge < -0.3 is 9.64 Å². The molecule has 0 aromatic rings. The molecule has 0 saturated carbocycles. The highest BCUT2D eigenvalue weighted by molar-refractivity contribution is 5.88. The maximum Gasteiger partial charge on any atom is 0.220 e. The minimum absolute atomic E-state index is 0.0281. The van der Waals surface area contributed by atoms with Gasteiger partial charge in [0.25, 0.3) is 0 Å². The number of rotatable bonds is 1. The van der Waals surface area contributed by atoms with Crippen LogP contribution in [0, 0.1) is 5.92 Å². The summed E-state index contributed by atoms with van der Waals surface area (Å²) < 4.78 is 5.91. The second-order valence-electron chi connectivity index (χ2n) is 5.53. The average Bonchev–Trinajstić information content (AvgIpc) is 2.54. The van der Waals surface area contributed by atoms with Crippen LogP contribution < -0.4 is 0 Å². The van der Waals surface area contributed by atoms with Crippen molar-refractivity contribution < 1.29 is 14.3 Å². The van der Waals surface area contributed by atoms with Crippen molar-refractivity contribution in [2.45, 2.75) is 51.9 Å². The Morgan fingerprint density at radius 1 is 1.31 bits per heavy atom. The van der Waals surface area contributed by atoms with Gasteiger partial charge in [-0.25, -0.2) is 0 Å². The van der Waals surface area contributed by atoms with Gasteiger partial charge in [0, 0.05) is 19.4 Å². The Kier molecular flexibility index (Phi) is 2.57. The van der Waals surface area contributed by atoms with Gasteiger partial charge in [0.15, 0.2) is 5.78 Å². The first-order valence-corrected chi connectivity index (χ1v) is 5.77. The molecule has 0 aromatic carbocycles. The van der Waals surface area contributed by atoms with Crippen LogP contribution in [0.2, 0.25) is 0 Å². The summed E-state index contributed by atoms with van der Waals surface area (Å²) in [7, 11) is 0. The summed E-state index contributed by atoms with van der Waals surface area (Å²) in [4.78, 5) is 24.8. The monoisotopic (exact) mass is 225 g/mol. The molecule has 2 fully saturated rings. The average molecular weight is 225 g/mol. The number of ether oxygens (including phenoxy) is 1. The maximum atomic E-state index is 11.6. The quantitative estimate of drug-likeness (QED) is 0.668. The van der Waals surface area contributed by atoms with E-state index in [9.17, 15) is 9.59 Å². The van der Waals surface area contributed by atoms with E-state index in [0.717, 1.165) is 6.42 Å². The number of carbonyl (C=O) groups is 2. The van der Waals surface area contributed by atoms with Gasteiger partial charge in [0.2, 0.25) is 5.91 Å². The lowest BCUT2D eigenvalue weighted by molar-refractivity contribution is -0.140. The summed E-state index contributed by atoms with van der Waals surface area (Å²) in [6.45, 7) is 7.80. The zero-order valence-corrected chi connectivity index (χ0v) is 10.3. The fourth-order valence-electron chi connectivity index (χ4n) is 3.07. The third kappa shape index (κ3) is 1.75. The van der Waals surface area contributed by atoms with E-state index in [1.165, 1.54) is 13.8 Å². The van der Waals surface area contributed by atoms with Crippen molar-refractivity contribution in [2.24, 2.45) is 5.92 Å². The van der Waals surface area contributed by atoms with E-state index in [1.807, 2.05) is 13.8 Å². The summed E-state index contributed by atoms with van der Waals surface area (Å²) in [6.07, 6.45) is 0.821. The van der Waals surface area contributed by atoms with E-state index in [0.29, 0.717) is 12.5 Å². The van der Waals surface area contributed by atoms with Crippen molar-refractivity contribution in [1.82, 2.24) is 4.90 Å². The zero-order chi connectivity index (χ0) is 12.1. The first-order chi connectivity index (χ1) is 7.32. The lowest BCUT2D eigenvalue weighted by Gasteiger charge is -2.28. The highest BCUT2D eigenvalue weighted by Gasteiger charge is 2.53. The smallest absolute Gasteiger partial charge is 0.220 e. The minimum atomic E-state index is -0.371. The minimum Gasteiger partial charge on any atom is -0.369 e. The van der Waals surface area contributed by atoms with Crippen LogP contribution in [0.4, 0.5) is 0 Å². The largest absolute Gasteiger partial charge is 0.369 e. The second kappa shape index (κ2) is 3.55. The van der Waals surface area contributed by atoms with Crippen molar-refractivity contribution in [3.63, 3.8) is 0 Å². The van der Waals surface area contributed by atoms with E-state index in [1.54, 1.807) is 4.90 Å². The van der Waals surface area contributed by atoms with Crippen molar-refractivity contribution in [3.8, 4) is 0 Å². The molecule has 4 heteroatoms. The summed E-state index contributed by atoms with van der Waals surface area (Å²) >= 11 is 0. The molecule has 0 aromatic heterocycles. The van der Waals surface area contributed by atoms with Gasteiger partial charge in [-0.1, -0.05) is 0 Å². The number of likely N-dealkylation sites (tertiary alicyclic amines) is 1. The lowest BCUT2D eigenvalue weighted by atomic mass is 9.94. The zero-order valence-electron chi connectivity index (χ0n) is 10.3. The van der Waals surface area contributed by atoms with E-state index in [-0.39, 0.29) is 29.4 Å². The normalized spacial score (nSPS) is 36.2. The second-order valence-corrected chi connectivity index (χ2v) is 5.53. The molecule has 0 bridgehead atoms. The number of Topliss-reactive ketones (excluding diaryl/α,β-unsaturated/α-hetero) is 1. The number of hydrogen-bond acceptors (Lipinski definition) is 3. The predicted octanol–water partition coefficient (Wildman–Crippen LogP) is 0.990. The van der Waals surface area contributed by atoms with Gasteiger partial charge in [-0.15, -0.1) is 0 Å². The van der Waals surface area contributed by atoms with Gasteiger partial charge >= 0.3 is 0 Å². The van der Waals surface area contributed by atoms with E-state index in [2.05, 4.69) is 0 Å². The van der Waals surface area contributed by atoms with Crippen molar-refractivity contribution >= 4 is 11.7 Å². The molecule has 2 aliphatic heterocycles. The van der Waals surface area contributed by atoms with E-state index < -0.39 is 0 Å². The van der Waals surface area contributed by atoms with Gasteiger partial charge in [-0.2, -0.15) is 0 Å². The predicted molar refractivity (Wildman–Crippen MR) is 58.9 cm³/mol. The van der Waals surface area contributed by atoms with Crippen molar-refractivity contribution in [2.75, 3.05) is 6.54 Å². The Bertz CT molecular complexity index is 337. The molecule has 2 aliphatic rings. The Morgan fingerprint density at radius 2 is 1.94 bits per heavy atom. The van der Waals surface area contributed by atoms with Gasteiger partial charge in [0.05, 0.1) is 11.7 Å². The molecular weight excluding hydrogens is 206 g/mol. The molecular formula is C12H19NO3. The van der Waals surface area contributed by atoms with Gasteiger partial charge in [-0.3, -0.25) is 9.59 Å². The molecule has 2 saturated heterocycles. The molecule has 0 spiro atoms. The standard InChI is InChI=1S/C12H19NO3/c1-7(14)10-11-9(5-12(3,4)16-11)6-13(10)8(2)15/h9-11H,5-6H2,1-4H3/t9-,10+,11?/m0/s1. The van der Waals surface area contributed by atoms with Crippen LogP contribution >= 0.6 is 0 Å². The molecule has 2 heterocycles. The van der Waals surface area contributed by atoms with Crippen LogP contribution in [0.3, 0.4) is 0 Å². The lowest BCUT2D eigenvalue weighted by Crippen LogP contribution is -2.45. The molecule has 0 radical (unpaired) electrons. The molecule has 0 N–H and O–H groups in total. The van der Waals surface area contributed by atoms with Crippen LogP contribution in [-0.4, -0.2) is 40.9 Å². The molecule has 90 valence electrons. The molecule has 16 heavy (non-hydrogen) atoms. The molecule has 3 atom stereocenters. The Labute approximate surface area is 95.9 Å². The fourth-order valence-corrected chi connectivity index (χ4v) is 3.07. The summed E-state index contributed by atoms with van der Waals surface area (Å²) in [5.74, 6) is 0.309. The third-order valence-electron chi connectivity index (χ3n) is 3.57. The van der Waals surface area contributed by atoms with Crippen LogP contribution in [0.5, 0.6) is 0 Å². The molecule has 2 rings (SSSR count).